The molecule has 1 aromatic rings. The quantitative estimate of drug-likeness (QED) is 0.419. The Morgan fingerprint density at radius 1 is 0.882 bits per heavy atom. The van der Waals surface area contributed by atoms with Gasteiger partial charge >= 0.3 is 5.97 Å². The highest BCUT2D eigenvalue weighted by atomic mass is 16.4. The van der Waals surface area contributed by atoms with Crippen LogP contribution in [0.5, 0.6) is 0 Å². The number of hydrogen-bond acceptors (Lipinski definition) is 6. The summed E-state index contributed by atoms with van der Waals surface area (Å²) in [5.41, 5.74) is 3.06. The Hall–Kier alpha value is -1.54. The minimum Gasteiger partial charge on any atom is -0.478 e. The number of carbonyl (C=O) groups is 1. The maximum absolute atomic E-state index is 12.4. The number of aromatic nitrogens is 1. The highest BCUT2D eigenvalue weighted by Crippen LogP contribution is 2.23. The summed E-state index contributed by atoms with van der Waals surface area (Å²) in [4.78, 5) is 17.3. The van der Waals surface area contributed by atoms with Crippen molar-refractivity contribution in [3.63, 3.8) is 0 Å². The topological polar surface area (TPSA) is 98.3 Å². The zero-order chi connectivity index (χ0) is 23.8. The van der Waals surface area contributed by atoms with Gasteiger partial charge in [-0.1, -0.05) is 45.4 Å². The first-order valence-electron chi connectivity index (χ1n) is 13.8. The van der Waals surface area contributed by atoms with Gasteiger partial charge in [0.15, 0.2) is 0 Å². The Bertz CT molecular complexity index is 801. The fourth-order valence-corrected chi connectivity index (χ4v) is 6.18. The smallest absolute Gasteiger partial charge is 0.337 e. The number of rotatable bonds is 5. The van der Waals surface area contributed by atoms with E-state index in [0.29, 0.717) is 48.5 Å². The second-order valence-electron chi connectivity index (χ2n) is 10.5. The van der Waals surface area contributed by atoms with Gasteiger partial charge in [0.25, 0.3) is 0 Å². The summed E-state index contributed by atoms with van der Waals surface area (Å²) in [5, 5.41) is 25.2. The van der Waals surface area contributed by atoms with Gasteiger partial charge in [0, 0.05) is 50.3 Å². The van der Waals surface area contributed by atoms with E-state index >= 15 is 0 Å². The summed E-state index contributed by atoms with van der Waals surface area (Å²) in [6, 6.07) is 3.77. The first-order valence-corrected chi connectivity index (χ1v) is 13.8. The van der Waals surface area contributed by atoms with Gasteiger partial charge in [-0.25, -0.2) is 4.79 Å². The molecule has 0 aromatic carbocycles. The molecule has 34 heavy (non-hydrogen) atoms. The molecule has 4 atom stereocenters. The molecular formula is C27H45N5O2. The van der Waals surface area contributed by atoms with E-state index in [2.05, 4.69) is 34.3 Å². The SMILES string of the molecule is CCCCCc1cc2nc(c1C(=O)O)CN[C@@H]1CCCC[C@H]1NCCN[C@@H]1CCCC[C@H]1NC2. The molecule has 1 aromatic heterocycles. The largest absolute Gasteiger partial charge is 0.478 e. The predicted molar refractivity (Wildman–Crippen MR) is 136 cm³/mol. The van der Waals surface area contributed by atoms with Crippen LogP contribution in [0.2, 0.25) is 0 Å². The van der Waals surface area contributed by atoms with Gasteiger partial charge < -0.3 is 26.4 Å². The van der Waals surface area contributed by atoms with Crippen molar-refractivity contribution < 1.29 is 9.90 Å². The Morgan fingerprint density at radius 2 is 1.44 bits per heavy atom. The Balaban J connectivity index is 1.62. The molecule has 2 aliphatic carbocycles. The first kappa shape index (κ1) is 25.5. The van der Waals surface area contributed by atoms with Crippen molar-refractivity contribution in [1.82, 2.24) is 26.3 Å². The second-order valence-corrected chi connectivity index (χ2v) is 10.5. The lowest BCUT2D eigenvalue weighted by atomic mass is 9.89. The van der Waals surface area contributed by atoms with Crippen LogP contribution in [0.4, 0.5) is 0 Å². The molecule has 2 heterocycles. The van der Waals surface area contributed by atoms with Crippen molar-refractivity contribution in [2.24, 2.45) is 0 Å². The fourth-order valence-electron chi connectivity index (χ4n) is 6.18. The van der Waals surface area contributed by atoms with E-state index in [9.17, 15) is 9.90 Å². The van der Waals surface area contributed by atoms with Crippen LogP contribution in [0.25, 0.3) is 0 Å². The number of pyridine rings is 1. The number of fused-ring (bicyclic) bond motifs is 4. The van der Waals surface area contributed by atoms with Gasteiger partial charge in [-0.05, 0) is 50.2 Å². The maximum atomic E-state index is 12.4. The number of carboxylic acids is 1. The maximum Gasteiger partial charge on any atom is 0.337 e. The molecular weight excluding hydrogens is 426 g/mol. The summed E-state index contributed by atoms with van der Waals surface area (Å²) < 4.78 is 0. The average molecular weight is 472 g/mol. The van der Waals surface area contributed by atoms with E-state index in [-0.39, 0.29) is 0 Å². The van der Waals surface area contributed by atoms with Crippen molar-refractivity contribution in [1.29, 1.82) is 0 Å². The zero-order valence-electron chi connectivity index (χ0n) is 21.0. The Kier molecular flexibility index (Phi) is 9.74. The summed E-state index contributed by atoms with van der Waals surface area (Å²) >= 11 is 0. The van der Waals surface area contributed by atoms with Crippen molar-refractivity contribution in [2.75, 3.05) is 13.1 Å². The number of nitrogens with one attached hydrogen (secondary N) is 4. The summed E-state index contributed by atoms with van der Waals surface area (Å²) in [6.45, 7) is 5.36. The molecule has 5 N–H and O–H groups in total. The summed E-state index contributed by atoms with van der Waals surface area (Å²) in [7, 11) is 0. The zero-order valence-corrected chi connectivity index (χ0v) is 21.0. The molecule has 0 saturated heterocycles. The van der Waals surface area contributed by atoms with E-state index in [1.54, 1.807) is 0 Å². The van der Waals surface area contributed by atoms with Gasteiger partial charge in [-0.15, -0.1) is 0 Å². The van der Waals surface area contributed by atoms with Gasteiger partial charge in [0.05, 0.1) is 17.0 Å². The van der Waals surface area contributed by atoms with Crippen molar-refractivity contribution >= 4 is 5.97 Å². The molecule has 3 aliphatic rings. The van der Waals surface area contributed by atoms with Gasteiger partial charge in [-0.3, -0.25) is 4.98 Å². The third kappa shape index (κ3) is 6.78. The second kappa shape index (κ2) is 13.0. The molecule has 7 heteroatoms. The average Bonchev–Trinajstić information content (AvgIpc) is 2.85. The molecule has 2 saturated carbocycles. The van der Waals surface area contributed by atoms with E-state index in [1.165, 1.54) is 44.9 Å². The summed E-state index contributed by atoms with van der Waals surface area (Å²) in [6.07, 6.45) is 13.8. The van der Waals surface area contributed by atoms with Crippen LogP contribution in [0, 0.1) is 0 Å². The molecule has 1 aliphatic heterocycles. The highest BCUT2D eigenvalue weighted by molar-refractivity contribution is 5.90. The Labute approximate surface area is 205 Å². The highest BCUT2D eigenvalue weighted by Gasteiger charge is 2.28. The van der Waals surface area contributed by atoms with Crippen molar-refractivity contribution in [2.45, 2.75) is 121 Å². The normalized spacial score (nSPS) is 28.7. The van der Waals surface area contributed by atoms with Crippen LogP contribution >= 0.6 is 0 Å². The lowest BCUT2D eigenvalue weighted by Crippen LogP contribution is -2.53. The van der Waals surface area contributed by atoms with Crippen LogP contribution < -0.4 is 21.3 Å². The molecule has 0 unspecified atom stereocenters. The van der Waals surface area contributed by atoms with Gasteiger partial charge in [0.2, 0.25) is 0 Å². The number of aryl methyl sites for hydroxylation is 1. The minimum absolute atomic E-state index is 0.357. The van der Waals surface area contributed by atoms with Crippen molar-refractivity contribution in [3.8, 4) is 0 Å². The molecule has 0 radical (unpaired) electrons. The van der Waals surface area contributed by atoms with Crippen LogP contribution in [-0.2, 0) is 19.5 Å². The molecule has 0 amide bonds. The van der Waals surface area contributed by atoms with Crippen LogP contribution in [-0.4, -0.2) is 53.3 Å². The van der Waals surface area contributed by atoms with E-state index in [0.717, 1.165) is 56.5 Å². The Morgan fingerprint density at radius 3 is 2.00 bits per heavy atom. The molecule has 7 nitrogen and oxygen atoms in total. The van der Waals surface area contributed by atoms with Gasteiger partial charge in [-0.2, -0.15) is 0 Å². The number of nitrogens with zero attached hydrogens (tertiary/aromatic N) is 1. The van der Waals surface area contributed by atoms with Crippen LogP contribution in [0.15, 0.2) is 6.07 Å². The number of carboxylic acid groups (broad SMARTS) is 1. The molecule has 2 bridgehead atoms. The first-order chi connectivity index (χ1) is 16.7. The van der Waals surface area contributed by atoms with Crippen LogP contribution in [0.1, 0.15) is 105 Å². The van der Waals surface area contributed by atoms with E-state index in [4.69, 9.17) is 4.98 Å². The molecule has 4 rings (SSSR count). The predicted octanol–water partition coefficient (Wildman–Crippen LogP) is 3.51. The number of aromatic carboxylic acids is 1. The lowest BCUT2D eigenvalue weighted by molar-refractivity contribution is 0.0693. The van der Waals surface area contributed by atoms with E-state index in [1.807, 2.05) is 0 Å². The third-order valence-electron chi connectivity index (χ3n) is 8.04. The van der Waals surface area contributed by atoms with Crippen LogP contribution in [0.3, 0.4) is 0 Å². The van der Waals surface area contributed by atoms with Gasteiger partial charge in [0.1, 0.15) is 0 Å². The van der Waals surface area contributed by atoms with Crippen molar-refractivity contribution in [3.05, 3.63) is 28.6 Å². The summed E-state index contributed by atoms with van der Waals surface area (Å²) in [5.74, 6) is -0.844. The number of unbranched alkanes of at least 4 members (excludes halogenated alkanes) is 2. The number of hydrogen-bond donors (Lipinski definition) is 5. The molecule has 2 fully saturated rings. The monoisotopic (exact) mass is 471 g/mol. The third-order valence-corrected chi connectivity index (χ3v) is 8.04. The molecule has 190 valence electrons. The minimum atomic E-state index is -0.844. The fraction of sp³-hybridized carbons (Fsp3) is 0.778. The standard InChI is InChI=1S/C27H45N5O2/c1-2-3-4-9-19-16-20-17-30-23-12-7-5-10-21(23)28-14-15-29-22-11-6-8-13-24(22)31-18-25(32-20)26(19)27(33)34/h16,21-24,28-31H,2-15,17-18H2,1H3,(H,33,34)/t21-,22-,23-,24-/m1/s1. The molecule has 0 spiro atoms. The van der Waals surface area contributed by atoms with E-state index < -0.39 is 5.97 Å². The lowest BCUT2D eigenvalue weighted by Gasteiger charge is -2.34.